The van der Waals surface area contributed by atoms with Crippen LogP contribution in [0.15, 0.2) is 30.3 Å². The van der Waals surface area contributed by atoms with Crippen LogP contribution in [0.4, 0.5) is 11.5 Å². The Balaban J connectivity index is 2.04. The van der Waals surface area contributed by atoms with Crippen molar-refractivity contribution in [1.29, 1.82) is 0 Å². The second-order valence-corrected chi connectivity index (χ2v) is 5.83. The molecule has 0 aliphatic carbocycles. The molecule has 21 heavy (non-hydrogen) atoms. The van der Waals surface area contributed by atoms with Gasteiger partial charge in [0.1, 0.15) is 17.6 Å². The smallest absolute Gasteiger partial charge is 0.158 e. The lowest BCUT2D eigenvalue weighted by atomic mass is 9.94. The zero-order valence-corrected chi connectivity index (χ0v) is 13.0. The highest BCUT2D eigenvalue weighted by Crippen LogP contribution is 2.34. The van der Waals surface area contributed by atoms with Crippen LogP contribution in [-0.2, 0) is 17.8 Å². The van der Waals surface area contributed by atoms with Crippen molar-refractivity contribution in [2.45, 2.75) is 20.0 Å². The number of methoxy groups -OCH3 is 1. The van der Waals surface area contributed by atoms with Crippen LogP contribution < -0.4 is 4.90 Å². The minimum absolute atomic E-state index is 0.360. The minimum atomic E-state index is 0.360. The van der Waals surface area contributed by atoms with Gasteiger partial charge in [0.15, 0.2) is 5.82 Å². The molecule has 0 saturated heterocycles. The number of nitrogens with zero attached hydrogens (tertiary/aromatic N) is 3. The molecule has 1 aliphatic rings. The van der Waals surface area contributed by atoms with Crippen molar-refractivity contribution in [2.24, 2.45) is 5.92 Å². The third kappa shape index (κ3) is 3.01. The number of halogens is 1. The van der Waals surface area contributed by atoms with Gasteiger partial charge < -0.3 is 9.64 Å². The Kier molecular flexibility index (Phi) is 4.08. The summed E-state index contributed by atoms with van der Waals surface area (Å²) in [6, 6.07) is 10.3. The number of anilines is 2. The van der Waals surface area contributed by atoms with Crippen molar-refractivity contribution < 1.29 is 4.74 Å². The first-order valence-electron chi connectivity index (χ1n) is 7.05. The summed E-state index contributed by atoms with van der Waals surface area (Å²) in [6.45, 7) is 3.54. The fourth-order valence-electron chi connectivity index (χ4n) is 2.80. The number of hydrogen-bond acceptors (Lipinski definition) is 4. The summed E-state index contributed by atoms with van der Waals surface area (Å²) < 4.78 is 5.11. The van der Waals surface area contributed by atoms with Crippen molar-refractivity contribution in [1.82, 2.24) is 9.97 Å². The molecule has 0 saturated carbocycles. The molecule has 1 aromatic heterocycles. The summed E-state index contributed by atoms with van der Waals surface area (Å²) in [5, 5.41) is 0.447. The SMILES string of the molecule is COCc1nc(Cl)cc(N2CC(C)Cc3ccccc32)n1. The third-order valence-corrected chi connectivity index (χ3v) is 3.82. The molecule has 1 atom stereocenters. The van der Waals surface area contributed by atoms with E-state index in [0.29, 0.717) is 23.5 Å². The molecule has 0 amide bonds. The minimum Gasteiger partial charge on any atom is -0.377 e. The standard InChI is InChI=1S/C16H18ClN3O/c1-11-7-12-5-3-4-6-13(12)20(9-11)16-8-14(17)18-15(19-16)10-21-2/h3-6,8,11H,7,9-10H2,1-2H3. The predicted octanol–water partition coefficient (Wildman–Crippen LogP) is 3.61. The molecular formula is C16H18ClN3O. The second-order valence-electron chi connectivity index (χ2n) is 5.45. The summed E-state index contributed by atoms with van der Waals surface area (Å²) in [6.07, 6.45) is 1.09. The van der Waals surface area contributed by atoms with Gasteiger partial charge in [-0.15, -0.1) is 0 Å². The summed E-state index contributed by atoms with van der Waals surface area (Å²) in [5.74, 6) is 2.01. The first-order chi connectivity index (χ1) is 10.2. The van der Waals surface area contributed by atoms with Crippen LogP contribution in [0.3, 0.4) is 0 Å². The van der Waals surface area contributed by atoms with Crippen molar-refractivity contribution >= 4 is 23.1 Å². The second kappa shape index (κ2) is 6.00. The Bertz CT molecular complexity index is 647. The maximum atomic E-state index is 6.14. The molecule has 110 valence electrons. The maximum absolute atomic E-state index is 6.14. The lowest BCUT2D eigenvalue weighted by Gasteiger charge is -2.34. The lowest BCUT2D eigenvalue weighted by molar-refractivity contribution is 0.178. The summed E-state index contributed by atoms with van der Waals surface area (Å²) in [7, 11) is 1.63. The number of aromatic nitrogens is 2. The van der Waals surface area contributed by atoms with Crippen LogP contribution in [0.2, 0.25) is 5.15 Å². The van der Waals surface area contributed by atoms with E-state index < -0.39 is 0 Å². The van der Waals surface area contributed by atoms with E-state index in [1.807, 2.05) is 6.07 Å². The van der Waals surface area contributed by atoms with Crippen molar-refractivity contribution in [3.8, 4) is 0 Å². The topological polar surface area (TPSA) is 38.2 Å². The molecule has 2 heterocycles. The largest absolute Gasteiger partial charge is 0.377 e. The molecule has 3 rings (SSSR count). The van der Waals surface area contributed by atoms with E-state index in [1.165, 1.54) is 11.3 Å². The summed E-state index contributed by atoms with van der Waals surface area (Å²) in [5.41, 5.74) is 2.55. The van der Waals surface area contributed by atoms with Gasteiger partial charge in [0.2, 0.25) is 0 Å². The van der Waals surface area contributed by atoms with Crippen molar-refractivity contribution in [2.75, 3.05) is 18.6 Å². The highest BCUT2D eigenvalue weighted by atomic mass is 35.5. The molecule has 1 aliphatic heterocycles. The van der Waals surface area contributed by atoms with E-state index >= 15 is 0 Å². The van der Waals surface area contributed by atoms with Crippen molar-refractivity contribution in [3.63, 3.8) is 0 Å². The number of para-hydroxylation sites is 1. The van der Waals surface area contributed by atoms with E-state index in [-0.39, 0.29) is 0 Å². The third-order valence-electron chi connectivity index (χ3n) is 3.62. The van der Waals surface area contributed by atoms with E-state index in [0.717, 1.165) is 18.8 Å². The molecular weight excluding hydrogens is 286 g/mol. The van der Waals surface area contributed by atoms with Gasteiger partial charge in [-0.05, 0) is 24.0 Å². The Morgan fingerprint density at radius 2 is 2.14 bits per heavy atom. The van der Waals surface area contributed by atoms with Gasteiger partial charge in [0, 0.05) is 25.4 Å². The quantitative estimate of drug-likeness (QED) is 0.812. The van der Waals surface area contributed by atoms with E-state index in [2.05, 4.69) is 46.1 Å². The molecule has 0 radical (unpaired) electrons. The zero-order chi connectivity index (χ0) is 14.8. The van der Waals surface area contributed by atoms with E-state index in [4.69, 9.17) is 16.3 Å². The molecule has 5 heteroatoms. The Morgan fingerprint density at radius 3 is 2.95 bits per heavy atom. The first-order valence-corrected chi connectivity index (χ1v) is 7.43. The Hall–Kier alpha value is -1.65. The summed E-state index contributed by atoms with van der Waals surface area (Å²) >= 11 is 6.14. The number of hydrogen-bond donors (Lipinski definition) is 0. The zero-order valence-electron chi connectivity index (χ0n) is 12.2. The van der Waals surface area contributed by atoms with Crippen LogP contribution >= 0.6 is 11.6 Å². The fourth-order valence-corrected chi connectivity index (χ4v) is 2.99. The van der Waals surface area contributed by atoms with Gasteiger partial charge in [-0.2, -0.15) is 0 Å². The number of fused-ring (bicyclic) bond motifs is 1. The molecule has 1 aromatic carbocycles. The first kappa shape index (κ1) is 14.3. The number of rotatable bonds is 3. The Morgan fingerprint density at radius 1 is 1.33 bits per heavy atom. The van der Waals surface area contributed by atoms with Crippen LogP contribution in [0, 0.1) is 5.92 Å². The van der Waals surface area contributed by atoms with Crippen LogP contribution in [-0.4, -0.2) is 23.6 Å². The normalized spacial score (nSPS) is 17.7. The molecule has 0 N–H and O–H groups in total. The highest BCUT2D eigenvalue weighted by molar-refractivity contribution is 6.29. The van der Waals surface area contributed by atoms with Crippen molar-refractivity contribution in [3.05, 3.63) is 46.9 Å². The van der Waals surface area contributed by atoms with E-state index in [1.54, 1.807) is 7.11 Å². The molecule has 0 bridgehead atoms. The van der Waals surface area contributed by atoms with Gasteiger partial charge in [-0.3, -0.25) is 0 Å². The molecule has 2 aromatic rings. The average molecular weight is 304 g/mol. The van der Waals surface area contributed by atoms with E-state index in [9.17, 15) is 0 Å². The van der Waals surface area contributed by atoms with Crippen LogP contribution in [0.1, 0.15) is 18.3 Å². The monoisotopic (exact) mass is 303 g/mol. The van der Waals surface area contributed by atoms with Gasteiger partial charge in [-0.25, -0.2) is 9.97 Å². The van der Waals surface area contributed by atoms with Crippen LogP contribution in [0.25, 0.3) is 0 Å². The summed E-state index contributed by atoms with van der Waals surface area (Å²) in [4.78, 5) is 11.0. The van der Waals surface area contributed by atoms with Gasteiger partial charge in [0.25, 0.3) is 0 Å². The van der Waals surface area contributed by atoms with Gasteiger partial charge >= 0.3 is 0 Å². The maximum Gasteiger partial charge on any atom is 0.158 e. The van der Waals surface area contributed by atoms with Crippen LogP contribution in [0.5, 0.6) is 0 Å². The number of benzene rings is 1. The highest BCUT2D eigenvalue weighted by Gasteiger charge is 2.24. The molecule has 4 nitrogen and oxygen atoms in total. The predicted molar refractivity (Wildman–Crippen MR) is 84.1 cm³/mol. The molecule has 0 spiro atoms. The van der Waals surface area contributed by atoms with Gasteiger partial charge in [0.05, 0.1) is 0 Å². The Labute approximate surface area is 129 Å². The van der Waals surface area contributed by atoms with Gasteiger partial charge in [-0.1, -0.05) is 36.7 Å². The lowest BCUT2D eigenvalue weighted by Crippen LogP contribution is -2.31. The molecule has 0 fully saturated rings. The molecule has 1 unspecified atom stereocenters. The average Bonchev–Trinajstić information content (AvgIpc) is 2.46. The fraction of sp³-hybridized carbons (Fsp3) is 0.375. The number of ether oxygens (including phenoxy) is 1.